The van der Waals surface area contributed by atoms with E-state index in [-0.39, 0.29) is 17.5 Å². The Kier molecular flexibility index (Phi) is 6.33. The minimum Gasteiger partial charge on any atom is -0.451 e. The number of anilines is 1. The van der Waals surface area contributed by atoms with Gasteiger partial charge in [0.1, 0.15) is 6.42 Å². The average molecular weight is 372 g/mol. The van der Waals surface area contributed by atoms with Gasteiger partial charge in [0.05, 0.1) is 11.6 Å². The van der Waals surface area contributed by atoms with Gasteiger partial charge in [0.25, 0.3) is 0 Å². The quantitative estimate of drug-likeness (QED) is 0.620. The van der Waals surface area contributed by atoms with E-state index in [1.807, 2.05) is 0 Å². The van der Waals surface area contributed by atoms with E-state index >= 15 is 0 Å². The molecule has 8 heteroatoms. The first-order valence-electron chi connectivity index (χ1n) is 7.79. The van der Waals surface area contributed by atoms with E-state index < -0.39 is 35.4 Å². The van der Waals surface area contributed by atoms with Gasteiger partial charge in [0, 0.05) is 11.3 Å². The van der Waals surface area contributed by atoms with Crippen LogP contribution < -0.4 is 5.32 Å². The maximum Gasteiger partial charge on any atom is 0.338 e. The van der Waals surface area contributed by atoms with Gasteiger partial charge in [0.2, 0.25) is 11.7 Å². The number of nitrogens with zero attached hydrogens (tertiary/aromatic N) is 1. The molecule has 0 spiro atoms. The number of hydrogen-bond donors (Lipinski definition) is 1. The van der Waals surface area contributed by atoms with E-state index in [0.29, 0.717) is 5.69 Å². The van der Waals surface area contributed by atoms with Crippen molar-refractivity contribution < 1.29 is 27.9 Å². The van der Waals surface area contributed by atoms with Crippen LogP contribution in [-0.2, 0) is 9.53 Å². The lowest BCUT2D eigenvalue weighted by atomic mass is 10.1. The van der Waals surface area contributed by atoms with Crippen molar-refractivity contribution in [3.63, 3.8) is 0 Å². The molecule has 0 aliphatic rings. The lowest BCUT2D eigenvalue weighted by molar-refractivity contribution is -0.115. The number of nitriles is 1. The lowest BCUT2D eigenvalue weighted by Gasteiger charge is -2.13. The SMILES string of the molecule is C[C@H](OC(=O)c1ccc(NC(=O)CC#N)cc1)C(=O)c1ccc(F)c(F)c1. The number of carbonyl (C=O) groups excluding carboxylic acids is 3. The minimum absolute atomic E-state index is 0.121. The standard InChI is InChI=1S/C19H14F2N2O4/c1-11(18(25)13-4-7-15(20)16(21)10-13)27-19(26)12-2-5-14(6-3-12)23-17(24)8-9-22/h2-7,10-11H,8H2,1H3,(H,23,24)/t11-/m0/s1. The molecular weight excluding hydrogens is 358 g/mol. The number of hydrogen-bond acceptors (Lipinski definition) is 5. The van der Waals surface area contributed by atoms with Crippen LogP contribution in [0, 0.1) is 23.0 Å². The van der Waals surface area contributed by atoms with Crippen LogP contribution in [-0.4, -0.2) is 23.8 Å². The zero-order chi connectivity index (χ0) is 20.0. The summed E-state index contributed by atoms with van der Waals surface area (Å²) < 4.78 is 31.2. The normalized spacial score (nSPS) is 11.2. The summed E-state index contributed by atoms with van der Waals surface area (Å²) in [4.78, 5) is 35.6. The predicted octanol–water partition coefficient (Wildman–Crippen LogP) is 3.25. The topological polar surface area (TPSA) is 96.3 Å². The molecule has 27 heavy (non-hydrogen) atoms. The van der Waals surface area contributed by atoms with Crippen molar-refractivity contribution in [1.29, 1.82) is 5.26 Å². The van der Waals surface area contributed by atoms with Gasteiger partial charge in [-0.2, -0.15) is 5.26 Å². The van der Waals surface area contributed by atoms with E-state index in [1.165, 1.54) is 31.2 Å². The highest BCUT2D eigenvalue weighted by Crippen LogP contribution is 2.15. The molecular formula is C19H14F2N2O4. The molecule has 0 aliphatic carbocycles. The van der Waals surface area contributed by atoms with Crippen LogP contribution in [0.15, 0.2) is 42.5 Å². The second-order valence-corrected chi connectivity index (χ2v) is 5.50. The van der Waals surface area contributed by atoms with E-state index in [4.69, 9.17) is 10.00 Å². The number of Topliss-reactive ketones (excluding diaryl/α,β-unsaturated/α-hetero) is 1. The van der Waals surface area contributed by atoms with Gasteiger partial charge < -0.3 is 10.1 Å². The number of ketones is 1. The minimum atomic E-state index is -1.21. The molecule has 2 aromatic carbocycles. The molecule has 0 aromatic heterocycles. The zero-order valence-corrected chi connectivity index (χ0v) is 14.2. The second-order valence-electron chi connectivity index (χ2n) is 5.50. The third kappa shape index (κ3) is 5.19. The number of ether oxygens (including phenoxy) is 1. The van der Waals surface area contributed by atoms with Crippen molar-refractivity contribution in [2.45, 2.75) is 19.4 Å². The maximum absolute atomic E-state index is 13.2. The first-order chi connectivity index (χ1) is 12.8. The summed E-state index contributed by atoms with van der Waals surface area (Å²) in [6.07, 6.45) is -1.51. The number of esters is 1. The van der Waals surface area contributed by atoms with Crippen LogP contribution in [0.5, 0.6) is 0 Å². The Balaban J connectivity index is 2.01. The van der Waals surface area contributed by atoms with Gasteiger partial charge in [-0.1, -0.05) is 0 Å². The van der Waals surface area contributed by atoms with E-state index in [2.05, 4.69) is 5.32 Å². The van der Waals surface area contributed by atoms with E-state index in [0.717, 1.165) is 18.2 Å². The molecule has 0 saturated carbocycles. The Morgan fingerprint density at radius 3 is 2.30 bits per heavy atom. The molecule has 0 fully saturated rings. The van der Waals surface area contributed by atoms with Crippen molar-refractivity contribution in [2.75, 3.05) is 5.32 Å². The summed E-state index contributed by atoms with van der Waals surface area (Å²) in [5.74, 6) is -4.22. The summed E-state index contributed by atoms with van der Waals surface area (Å²) in [5, 5.41) is 10.9. The molecule has 0 bridgehead atoms. The predicted molar refractivity (Wildman–Crippen MR) is 90.9 cm³/mol. The van der Waals surface area contributed by atoms with Gasteiger partial charge in [0.15, 0.2) is 17.7 Å². The molecule has 2 rings (SSSR count). The Labute approximate surface area is 153 Å². The van der Waals surface area contributed by atoms with Crippen LogP contribution in [0.4, 0.5) is 14.5 Å². The monoisotopic (exact) mass is 372 g/mol. The fraction of sp³-hybridized carbons (Fsp3) is 0.158. The number of nitrogens with one attached hydrogen (secondary N) is 1. The van der Waals surface area contributed by atoms with Crippen molar-refractivity contribution in [3.8, 4) is 6.07 Å². The van der Waals surface area contributed by atoms with Crippen LogP contribution >= 0.6 is 0 Å². The highest BCUT2D eigenvalue weighted by Gasteiger charge is 2.21. The van der Waals surface area contributed by atoms with Crippen molar-refractivity contribution >= 4 is 23.3 Å². The third-order valence-corrected chi connectivity index (χ3v) is 3.50. The average Bonchev–Trinajstić information content (AvgIpc) is 2.64. The van der Waals surface area contributed by atoms with Crippen molar-refractivity contribution in [3.05, 3.63) is 65.2 Å². The molecule has 0 saturated heterocycles. The molecule has 138 valence electrons. The first kappa shape index (κ1) is 19.7. The van der Waals surface area contributed by atoms with Crippen molar-refractivity contribution in [2.24, 2.45) is 0 Å². The van der Waals surface area contributed by atoms with Gasteiger partial charge in [-0.25, -0.2) is 13.6 Å². The smallest absolute Gasteiger partial charge is 0.338 e. The summed E-state index contributed by atoms with van der Waals surface area (Å²) in [6.45, 7) is 1.32. The molecule has 1 amide bonds. The summed E-state index contributed by atoms with van der Waals surface area (Å²) >= 11 is 0. The summed E-state index contributed by atoms with van der Waals surface area (Å²) in [7, 11) is 0. The van der Waals surface area contributed by atoms with Gasteiger partial charge in [-0.3, -0.25) is 9.59 Å². The fourth-order valence-electron chi connectivity index (χ4n) is 2.13. The number of rotatable bonds is 6. The number of amides is 1. The van der Waals surface area contributed by atoms with Gasteiger partial charge in [-0.15, -0.1) is 0 Å². The van der Waals surface area contributed by atoms with E-state index in [9.17, 15) is 23.2 Å². The second kappa shape index (κ2) is 8.67. The molecule has 1 atom stereocenters. The van der Waals surface area contributed by atoms with Crippen LogP contribution in [0.2, 0.25) is 0 Å². The molecule has 0 aliphatic heterocycles. The fourth-order valence-corrected chi connectivity index (χ4v) is 2.13. The maximum atomic E-state index is 13.2. The molecule has 0 unspecified atom stereocenters. The number of halogens is 2. The van der Waals surface area contributed by atoms with Crippen LogP contribution in [0.3, 0.4) is 0 Å². The Morgan fingerprint density at radius 1 is 1.07 bits per heavy atom. The molecule has 1 N–H and O–H groups in total. The van der Waals surface area contributed by atoms with E-state index in [1.54, 1.807) is 6.07 Å². The molecule has 0 heterocycles. The number of benzene rings is 2. The Bertz CT molecular complexity index is 920. The number of carbonyl (C=O) groups is 3. The summed E-state index contributed by atoms with van der Waals surface area (Å²) in [5.41, 5.74) is 0.390. The first-order valence-corrected chi connectivity index (χ1v) is 7.79. The Hall–Kier alpha value is -3.60. The Morgan fingerprint density at radius 2 is 1.70 bits per heavy atom. The highest BCUT2D eigenvalue weighted by molar-refractivity contribution is 6.01. The van der Waals surface area contributed by atoms with Gasteiger partial charge >= 0.3 is 5.97 Å². The summed E-state index contributed by atoms with van der Waals surface area (Å²) in [6, 6.07) is 9.99. The largest absolute Gasteiger partial charge is 0.451 e. The molecule has 0 radical (unpaired) electrons. The highest BCUT2D eigenvalue weighted by atomic mass is 19.2. The van der Waals surface area contributed by atoms with Crippen LogP contribution in [0.1, 0.15) is 34.1 Å². The molecule has 2 aromatic rings. The lowest BCUT2D eigenvalue weighted by Crippen LogP contribution is -2.24. The van der Waals surface area contributed by atoms with Crippen molar-refractivity contribution in [1.82, 2.24) is 0 Å². The van der Waals surface area contributed by atoms with Gasteiger partial charge in [-0.05, 0) is 49.4 Å². The van der Waals surface area contributed by atoms with Crippen LogP contribution in [0.25, 0.3) is 0 Å². The zero-order valence-electron chi connectivity index (χ0n) is 14.2. The molecule has 6 nitrogen and oxygen atoms in total. The third-order valence-electron chi connectivity index (χ3n) is 3.50.